The van der Waals surface area contributed by atoms with Crippen LogP contribution >= 0.6 is 34.4 Å². The Kier molecular flexibility index (Phi) is 7.94. The van der Waals surface area contributed by atoms with Crippen LogP contribution in [0.2, 0.25) is 0 Å². The number of carbonyl (C=O) groups is 2. The van der Waals surface area contributed by atoms with Crippen molar-refractivity contribution in [3.8, 4) is 11.5 Å². The number of carboxylic acid groups (broad SMARTS) is 1. The maximum absolute atomic E-state index is 14.0. The molecule has 0 unspecified atom stereocenters. The van der Waals surface area contributed by atoms with Gasteiger partial charge in [0, 0.05) is 12.6 Å². The number of benzene rings is 3. The van der Waals surface area contributed by atoms with E-state index < -0.39 is 5.97 Å². The van der Waals surface area contributed by atoms with Crippen LogP contribution in [0.5, 0.6) is 11.5 Å². The summed E-state index contributed by atoms with van der Waals surface area (Å²) in [5, 5.41) is 9.52. The first-order valence-corrected chi connectivity index (χ1v) is 12.5. The van der Waals surface area contributed by atoms with Crippen LogP contribution in [-0.2, 0) is 11.4 Å². The lowest BCUT2D eigenvalue weighted by atomic mass is 10.1. The van der Waals surface area contributed by atoms with Gasteiger partial charge >= 0.3 is 5.97 Å². The fraction of sp³-hybridized carbons (Fsp3) is 0.115. The zero-order valence-electron chi connectivity index (χ0n) is 19.2. The minimum atomic E-state index is -1.02. The van der Waals surface area contributed by atoms with Crippen molar-refractivity contribution in [2.24, 2.45) is 4.99 Å². The number of methoxy groups -OCH3 is 1. The lowest BCUT2D eigenvalue weighted by Gasteiger charge is -2.14. The van der Waals surface area contributed by atoms with Crippen molar-refractivity contribution in [3.05, 3.63) is 91.6 Å². The van der Waals surface area contributed by atoms with E-state index in [2.05, 4.69) is 27.6 Å². The van der Waals surface area contributed by atoms with Crippen LogP contribution in [0.15, 0.2) is 70.6 Å². The largest absolute Gasteiger partial charge is 0.493 e. The highest BCUT2D eigenvalue weighted by Crippen LogP contribution is 2.38. The second-order valence-electron chi connectivity index (χ2n) is 7.64. The molecule has 3 aromatic rings. The van der Waals surface area contributed by atoms with Crippen LogP contribution in [0.4, 0.5) is 10.1 Å². The first kappa shape index (κ1) is 25.7. The number of aromatic carboxylic acids is 1. The van der Waals surface area contributed by atoms with Gasteiger partial charge in [-0.25, -0.2) is 14.2 Å². The second kappa shape index (κ2) is 11.1. The molecule has 0 aromatic heterocycles. The van der Waals surface area contributed by atoms with Gasteiger partial charge in [0.05, 0.1) is 26.8 Å². The molecule has 1 amide bonds. The molecule has 1 heterocycles. The van der Waals surface area contributed by atoms with Gasteiger partial charge in [-0.1, -0.05) is 18.2 Å². The number of aliphatic imine (C=N–C) groups is 1. The highest BCUT2D eigenvalue weighted by molar-refractivity contribution is 14.1. The van der Waals surface area contributed by atoms with Crippen molar-refractivity contribution < 1.29 is 28.6 Å². The molecule has 0 aliphatic carbocycles. The number of ether oxygens (including phenoxy) is 2. The Hall–Kier alpha value is -3.38. The van der Waals surface area contributed by atoms with Gasteiger partial charge in [0.2, 0.25) is 0 Å². The van der Waals surface area contributed by atoms with Gasteiger partial charge in [-0.2, -0.15) is 0 Å². The normalized spacial score (nSPS) is 15.6. The van der Waals surface area contributed by atoms with Crippen molar-refractivity contribution in [1.82, 2.24) is 4.90 Å². The lowest BCUT2D eigenvalue weighted by Crippen LogP contribution is -2.23. The summed E-state index contributed by atoms with van der Waals surface area (Å²) in [5.41, 5.74) is 1.86. The molecule has 3 aromatic carbocycles. The Balaban J connectivity index is 1.56. The van der Waals surface area contributed by atoms with Gasteiger partial charge in [0.1, 0.15) is 12.4 Å². The molecule has 0 bridgehead atoms. The predicted octanol–water partition coefficient (Wildman–Crippen LogP) is 5.95. The molecule has 0 spiro atoms. The third-order valence-electron chi connectivity index (χ3n) is 5.22. The molecule has 1 aliphatic rings. The molecule has 0 saturated carbocycles. The number of hydrogen-bond acceptors (Lipinski definition) is 6. The average molecular weight is 618 g/mol. The molecule has 4 rings (SSSR count). The maximum atomic E-state index is 14.0. The van der Waals surface area contributed by atoms with Crippen LogP contribution in [-0.4, -0.2) is 41.2 Å². The summed E-state index contributed by atoms with van der Waals surface area (Å²) >= 11 is 3.33. The number of carbonyl (C=O) groups excluding carboxylic acids is 1. The molecule has 184 valence electrons. The van der Waals surface area contributed by atoms with Crippen molar-refractivity contribution in [3.63, 3.8) is 0 Å². The molecule has 0 atom stereocenters. The van der Waals surface area contributed by atoms with E-state index in [0.29, 0.717) is 32.8 Å². The zero-order chi connectivity index (χ0) is 25.8. The number of thioether (sulfide) groups is 1. The van der Waals surface area contributed by atoms with Crippen LogP contribution in [0, 0.1) is 9.39 Å². The van der Waals surface area contributed by atoms with E-state index in [9.17, 15) is 14.0 Å². The number of hydrogen-bond donors (Lipinski definition) is 1. The number of nitrogens with zero attached hydrogens (tertiary/aromatic N) is 2. The van der Waals surface area contributed by atoms with E-state index in [4.69, 9.17) is 14.6 Å². The van der Waals surface area contributed by atoms with Gasteiger partial charge in [-0.3, -0.25) is 9.69 Å². The number of rotatable bonds is 7. The highest BCUT2D eigenvalue weighted by atomic mass is 127. The Morgan fingerprint density at radius 2 is 1.92 bits per heavy atom. The van der Waals surface area contributed by atoms with Gasteiger partial charge in [-0.05, 0) is 88.5 Å². The van der Waals surface area contributed by atoms with Crippen LogP contribution < -0.4 is 9.47 Å². The Labute approximate surface area is 224 Å². The third-order valence-corrected chi connectivity index (χ3v) is 7.08. The topological polar surface area (TPSA) is 88.4 Å². The fourth-order valence-corrected chi connectivity index (χ4v) is 5.09. The molecule has 0 radical (unpaired) electrons. The predicted molar refractivity (Wildman–Crippen MR) is 145 cm³/mol. The van der Waals surface area contributed by atoms with E-state index >= 15 is 0 Å². The molecule has 10 heteroatoms. The third kappa shape index (κ3) is 5.71. The van der Waals surface area contributed by atoms with E-state index in [0.717, 1.165) is 9.13 Å². The first-order valence-electron chi connectivity index (χ1n) is 10.6. The Morgan fingerprint density at radius 1 is 1.19 bits per heavy atom. The van der Waals surface area contributed by atoms with Crippen molar-refractivity contribution in [2.75, 3.05) is 14.2 Å². The maximum Gasteiger partial charge on any atom is 0.335 e. The summed E-state index contributed by atoms with van der Waals surface area (Å²) in [7, 11) is 3.15. The molecule has 36 heavy (non-hydrogen) atoms. The van der Waals surface area contributed by atoms with E-state index in [1.165, 1.54) is 42.0 Å². The molecule has 1 fully saturated rings. The first-order chi connectivity index (χ1) is 17.3. The summed E-state index contributed by atoms with van der Waals surface area (Å²) in [6, 6.07) is 16.1. The Morgan fingerprint density at radius 3 is 2.58 bits per heavy atom. The minimum absolute atomic E-state index is 0.0475. The highest BCUT2D eigenvalue weighted by Gasteiger charge is 2.30. The van der Waals surface area contributed by atoms with Gasteiger partial charge in [0.25, 0.3) is 5.91 Å². The monoisotopic (exact) mass is 618 g/mol. The summed E-state index contributed by atoms with van der Waals surface area (Å²) < 4.78 is 26.1. The number of carboxylic acids is 1. The Bertz CT molecular complexity index is 1390. The van der Waals surface area contributed by atoms with Gasteiger partial charge in [-0.15, -0.1) is 0 Å². The SMILES string of the molecule is COc1cc(/C=C2\SC(=Nc3ccc(C(=O)O)cc3)N(C)C2=O)cc(I)c1OCc1ccccc1F. The van der Waals surface area contributed by atoms with Crippen LogP contribution in [0.1, 0.15) is 21.5 Å². The number of halogens is 2. The number of likely N-dealkylation sites (N-methyl/N-ethyl adjacent to an activating group) is 1. The lowest BCUT2D eigenvalue weighted by molar-refractivity contribution is -0.121. The van der Waals surface area contributed by atoms with Crippen LogP contribution in [0.3, 0.4) is 0 Å². The van der Waals surface area contributed by atoms with Crippen molar-refractivity contribution in [2.45, 2.75) is 6.61 Å². The molecular weight excluding hydrogens is 598 g/mol. The zero-order valence-corrected chi connectivity index (χ0v) is 22.2. The van der Waals surface area contributed by atoms with E-state index in [1.807, 2.05) is 6.07 Å². The molecule has 1 N–H and O–H groups in total. The summed E-state index contributed by atoms with van der Waals surface area (Å²) in [6.45, 7) is 0.0475. The number of amides is 1. The van der Waals surface area contributed by atoms with Crippen LogP contribution in [0.25, 0.3) is 6.08 Å². The smallest absolute Gasteiger partial charge is 0.335 e. The number of amidine groups is 1. The molecule has 1 saturated heterocycles. The fourth-order valence-electron chi connectivity index (χ4n) is 3.32. The second-order valence-corrected chi connectivity index (χ2v) is 9.81. The van der Waals surface area contributed by atoms with E-state index in [1.54, 1.807) is 49.5 Å². The summed E-state index contributed by atoms with van der Waals surface area (Å²) in [4.78, 5) is 30.3. The molecule has 7 nitrogen and oxygen atoms in total. The molecule has 1 aliphatic heterocycles. The van der Waals surface area contributed by atoms with Gasteiger partial charge < -0.3 is 14.6 Å². The average Bonchev–Trinajstić information content (AvgIpc) is 3.12. The summed E-state index contributed by atoms with van der Waals surface area (Å²) in [5.74, 6) is -0.631. The quantitative estimate of drug-likeness (QED) is 0.260. The van der Waals surface area contributed by atoms with Gasteiger partial charge in [0.15, 0.2) is 16.7 Å². The van der Waals surface area contributed by atoms with Crippen molar-refractivity contribution >= 4 is 63.2 Å². The van der Waals surface area contributed by atoms with E-state index in [-0.39, 0.29) is 23.9 Å². The standard InChI is InChI=1S/C26H20FIN2O5S/c1-30-24(31)22(36-26(30)29-18-9-7-16(8-10-18)25(32)33)13-15-11-20(28)23(21(12-15)34-2)35-14-17-5-3-4-6-19(17)27/h3-13H,14H2,1-2H3,(H,32,33)/b22-13-,29-26?. The minimum Gasteiger partial charge on any atom is -0.493 e. The molecular formula is C26H20FIN2O5S. The van der Waals surface area contributed by atoms with Crippen molar-refractivity contribution in [1.29, 1.82) is 0 Å². The summed E-state index contributed by atoms with van der Waals surface area (Å²) in [6.07, 6.45) is 1.74.